The van der Waals surface area contributed by atoms with Crippen LogP contribution in [0.25, 0.3) is 0 Å². The van der Waals surface area contributed by atoms with Crippen LogP contribution in [0.1, 0.15) is 24.8 Å². The summed E-state index contributed by atoms with van der Waals surface area (Å²) in [5.41, 5.74) is 1.33. The quantitative estimate of drug-likeness (QED) is 0.907. The summed E-state index contributed by atoms with van der Waals surface area (Å²) in [6.45, 7) is 4.98. The third-order valence-corrected chi connectivity index (χ3v) is 3.84. The van der Waals surface area contributed by atoms with E-state index in [0.29, 0.717) is 12.0 Å². The maximum absolute atomic E-state index is 5.71. The zero-order valence-corrected chi connectivity index (χ0v) is 11.8. The summed E-state index contributed by atoms with van der Waals surface area (Å²) >= 11 is 0. The van der Waals surface area contributed by atoms with Gasteiger partial charge >= 0.3 is 0 Å². The molecule has 2 unspecified atom stereocenters. The number of hydrogen-bond donors (Lipinski definition) is 1. The molecule has 0 amide bonds. The Bertz CT molecular complexity index is 538. The molecule has 1 N–H and O–H groups in total. The van der Waals surface area contributed by atoms with E-state index in [2.05, 4.69) is 40.0 Å². The topological polar surface area (TPSA) is 39.1 Å². The number of hydrogen-bond acceptors (Lipinski definition) is 3. The number of fused-ring (bicyclic) bond motifs is 1. The Labute approximate surface area is 119 Å². The molecular formula is C16H21N3O. The van der Waals surface area contributed by atoms with Gasteiger partial charge in [-0.15, -0.1) is 0 Å². The van der Waals surface area contributed by atoms with E-state index in [1.54, 1.807) is 0 Å². The summed E-state index contributed by atoms with van der Waals surface area (Å²) in [5, 5.41) is 3.63. The first kappa shape index (κ1) is 13.2. The molecule has 0 spiro atoms. The molecule has 4 nitrogen and oxygen atoms in total. The first-order chi connectivity index (χ1) is 9.83. The minimum atomic E-state index is 0.430. The maximum atomic E-state index is 5.71. The summed E-state index contributed by atoms with van der Waals surface area (Å²) < 4.78 is 7.81. The van der Waals surface area contributed by atoms with Gasteiger partial charge in [-0.2, -0.15) is 0 Å². The molecule has 0 fully saturated rings. The molecule has 0 saturated heterocycles. The van der Waals surface area contributed by atoms with Crippen LogP contribution in [0.15, 0.2) is 43.0 Å². The van der Waals surface area contributed by atoms with Gasteiger partial charge in [-0.3, -0.25) is 0 Å². The Hall–Kier alpha value is -1.81. The zero-order valence-electron chi connectivity index (χ0n) is 11.8. The average Bonchev–Trinajstić information content (AvgIpc) is 2.98. The fourth-order valence-corrected chi connectivity index (χ4v) is 2.75. The van der Waals surface area contributed by atoms with Crippen molar-refractivity contribution in [3.63, 3.8) is 0 Å². The molecule has 1 aliphatic rings. The van der Waals surface area contributed by atoms with Gasteiger partial charge in [0.15, 0.2) is 0 Å². The molecule has 106 valence electrons. The number of nitrogens with one attached hydrogen (secondary N) is 1. The molecule has 0 bridgehead atoms. The number of nitrogens with zero attached hydrogens (tertiary/aromatic N) is 2. The molecule has 1 aromatic carbocycles. The normalized spacial score (nSPS) is 19.1. The SMILES string of the molecule is CC(Cn1ccnc1)NCC1CCOc2ccccc21. The highest BCUT2D eigenvalue weighted by molar-refractivity contribution is 5.37. The van der Waals surface area contributed by atoms with E-state index < -0.39 is 0 Å². The summed E-state index contributed by atoms with van der Waals surface area (Å²) in [7, 11) is 0. The van der Waals surface area contributed by atoms with Gasteiger partial charge in [0.05, 0.1) is 12.9 Å². The van der Waals surface area contributed by atoms with Crippen LogP contribution in [0.5, 0.6) is 5.75 Å². The second-order valence-corrected chi connectivity index (χ2v) is 5.44. The minimum Gasteiger partial charge on any atom is -0.493 e. The first-order valence-corrected chi connectivity index (χ1v) is 7.24. The van der Waals surface area contributed by atoms with E-state index in [9.17, 15) is 0 Å². The fraction of sp³-hybridized carbons (Fsp3) is 0.438. The van der Waals surface area contributed by atoms with Crippen LogP contribution in [0.3, 0.4) is 0 Å². The number of aromatic nitrogens is 2. The van der Waals surface area contributed by atoms with E-state index in [-0.39, 0.29) is 0 Å². The molecule has 20 heavy (non-hydrogen) atoms. The van der Waals surface area contributed by atoms with Gasteiger partial charge in [-0.05, 0) is 25.0 Å². The highest BCUT2D eigenvalue weighted by Crippen LogP contribution is 2.32. The highest BCUT2D eigenvalue weighted by atomic mass is 16.5. The molecule has 2 heterocycles. The van der Waals surface area contributed by atoms with Crippen molar-refractivity contribution < 1.29 is 4.74 Å². The number of para-hydroxylation sites is 1. The molecule has 3 rings (SSSR count). The zero-order chi connectivity index (χ0) is 13.8. The highest BCUT2D eigenvalue weighted by Gasteiger charge is 2.21. The van der Waals surface area contributed by atoms with Gasteiger partial charge < -0.3 is 14.6 Å². The van der Waals surface area contributed by atoms with Crippen LogP contribution in [-0.2, 0) is 6.54 Å². The van der Waals surface area contributed by atoms with Crippen LogP contribution in [0, 0.1) is 0 Å². The van der Waals surface area contributed by atoms with Crippen molar-refractivity contribution in [2.24, 2.45) is 0 Å². The minimum absolute atomic E-state index is 0.430. The molecule has 0 aliphatic carbocycles. The van der Waals surface area contributed by atoms with Gasteiger partial charge in [-0.1, -0.05) is 18.2 Å². The number of ether oxygens (including phenoxy) is 1. The molecule has 4 heteroatoms. The Balaban J connectivity index is 1.56. The molecule has 2 atom stereocenters. The average molecular weight is 271 g/mol. The second-order valence-electron chi connectivity index (χ2n) is 5.44. The first-order valence-electron chi connectivity index (χ1n) is 7.24. The smallest absolute Gasteiger partial charge is 0.122 e. The Morgan fingerprint density at radius 1 is 1.45 bits per heavy atom. The van der Waals surface area contributed by atoms with Gasteiger partial charge in [0, 0.05) is 37.4 Å². The van der Waals surface area contributed by atoms with Crippen LogP contribution in [-0.4, -0.2) is 28.7 Å². The molecule has 0 radical (unpaired) electrons. The lowest BCUT2D eigenvalue weighted by Crippen LogP contribution is -2.34. The molecule has 1 aromatic heterocycles. The Morgan fingerprint density at radius 3 is 3.20 bits per heavy atom. The van der Waals surface area contributed by atoms with Crippen molar-refractivity contribution >= 4 is 0 Å². The van der Waals surface area contributed by atoms with E-state index in [1.807, 2.05) is 24.8 Å². The van der Waals surface area contributed by atoms with Crippen LogP contribution < -0.4 is 10.1 Å². The summed E-state index contributed by atoms with van der Waals surface area (Å²) in [6, 6.07) is 8.81. The van der Waals surface area contributed by atoms with E-state index >= 15 is 0 Å². The van der Waals surface area contributed by atoms with Crippen molar-refractivity contribution in [2.45, 2.75) is 31.8 Å². The van der Waals surface area contributed by atoms with Gasteiger partial charge in [0.25, 0.3) is 0 Å². The van der Waals surface area contributed by atoms with Gasteiger partial charge in [-0.25, -0.2) is 4.98 Å². The lowest BCUT2D eigenvalue weighted by molar-refractivity contribution is 0.261. The lowest BCUT2D eigenvalue weighted by atomic mass is 9.93. The standard InChI is InChI=1S/C16H21N3O/c1-13(11-19-8-7-17-12-19)18-10-14-6-9-20-16-5-3-2-4-15(14)16/h2-5,7-8,12-14,18H,6,9-11H2,1H3. The van der Waals surface area contributed by atoms with Gasteiger partial charge in [0.1, 0.15) is 5.75 Å². The molecule has 0 saturated carbocycles. The monoisotopic (exact) mass is 271 g/mol. The largest absolute Gasteiger partial charge is 0.493 e. The fourth-order valence-electron chi connectivity index (χ4n) is 2.75. The summed E-state index contributed by atoms with van der Waals surface area (Å²) in [4.78, 5) is 4.07. The third-order valence-electron chi connectivity index (χ3n) is 3.84. The number of benzene rings is 1. The summed E-state index contributed by atoms with van der Waals surface area (Å²) in [5.74, 6) is 1.60. The van der Waals surface area contributed by atoms with Crippen molar-refractivity contribution in [3.8, 4) is 5.75 Å². The van der Waals surface area contributed by atoms with Crippen molar-refractivity contribution in [1.29, 1.82) is 0 Å². The van der Waals surface area contributed by atoms with Crippen LogP contribution in [0.4, 0.5) is 0 Å². The second kappa shape index (κ2) is 6.09. The van der Waals surface area contributed by atoms with Gasteiger partial charge in [0.2, 0.25) is 0 Å². The van der Waals surface area contributed by atoms with Crippen molar-refractivity contribution in [1.82, 2.24) is 14.9 Å². The number of rotatable bonds is 5. The van der Waals surface area contributed by atoms with E-state index in [1.165, 1.54) is 5.56 Å². The van der Waals surface area contributed by atoms with E-state index in [0.717, 1.165) is 31.9 Å². The Morgan fingerprint density at radius 2 is 2.35 bits per heavy atom. The van der Waals surface area contributed by atoms with Crippen molar-refractivity contribution in [2.75, 3.05) is 13.2 Å². The third kappa shape index (κ3) is 3.02. The van der Waals surface area contributed by atoms with Crippen LogP contribution in [0.2, 0.25) is 0 Å². The molecular weight excluding hydrogens is 250 g/mol. The summed E-state index contributed by atoms with van der Waals surface area (Å²) in [6.07, 6.45) is 6.77. The molecule has 1 aliphatic heterocycles. The lowest BCUT2D eigenvalue weighted by Gasteiger charge is -2.27. The molecule has 2 aromatic rings. The Kier molecular flexibility index (Phi) is 4.02. The predicted molar refractivity (Wildman–Crippen MR) is 79.0 cm³/mol. The maximum Gasteiger partial charge on any atom is 0.122 e. The van der Waals surface area contributed by atoms with Crippen LogP contribution >= 0.6 is 0 Å². The predicted octanol–water partition coefficient (Wildman–Crippen LogP) is 2.43. The van der Waals surface area contributed by atoms with Crippen molar-refractivity contribution in [3.05, 3.63) is 48.5 Å². The number of imidazole rings is 1. The van der Waals surface area contributed by atoms with E-state index in [4.69, 9.17) is 4.74 Å².